The number of piperidine rings is 1. The summed E-state index contributed by atoms with van der Waals surface area (Å²) in [4.78, 5) is 33.3. The van der Waals surface area contributed by atoms with Crippen molar-refractivity contribution in [1.82, 2.24) is 19.9 Å². The monoisotopic (exact) mass is 465 g/mol. The van der Waals surface area contributed by atoms with Crippen LogP contribution < -0.4 is 15.8 Å². The van der Waals surface area contributed by atoms with Gasteiger partial charge in [-0.1, -0.05) is 41.7 Å². The Bertz CT molecular complexity index is 1180. The second kappa shape index (κ2) is 9.63. The molecule has 33 heavy (non-hydrogen) atoms. The van der Waals surface area contributed by atoms with Crippen molar-refractivity contribution in [2.24, 2.45) is 5.92 Å². The van der Waals surface area contributed by atoms with E-state index in [0.29, 0.717) is 4.96 Å². The average Bonchev–Trinajstić information content (AvgIpc) is 3.28. The summed E-state index contributed by atoms with van der Waals surface area (Å²) < 4.78 is 1.48. The van der Waals surface area contributed by atoms with Gasteiger partial charge in [-0.25, -0.2) is 4.98 Å². The number of nitrogens with zero attached hydrogens (tertiary/aromatic N) is 4. The van der Waals surface area contributed by atoms with Crippen molar-refractivity contribution < 1.29 is 4.79 Å². The predicted octanol–water partition coefficient (Wildman–Crippen LogP) is 3.38. The van der Waals surface area contributed by atoms with Gasteiger partial charge in [-0.3, -0.25) is 9.59 Å². The van der Waals surface area contributed by atoms with Crippen molar-refractivity contribution in [2.75, 3.05) is 18.0 Å². The Hall–Kier alpha value is -2.74. The molecule has 3 aromatic rings. The number of rotatable bonds is 6. The second-order valence-corrected chi connectivity index (χ2v) is 10.3. The molecule has 8 heteroatoms. The number of aryl methyl sites for hydroxylation is 2. The molecule has 5 rings (SSSR count). The number of aromatic nitrogens is 3. The summed E-state index contributed by atoms with van der Waals surface area (Å²) >= 11 is 1.48. The molecule has 2 aliphatic rings. The number of fused-ring (bicyclic) bond motifs is 2. The molecule has 0 bridgehead atoms. The maximum Gasteiger partial charge on any atom is 0.278 e. The van der Waals surface area contributed by atoms with Crippen LogP contribution in [0, 0.1) is 5.92 Å². The highest BCUT2D eigenvalue weighted by Crippen LogP contribution is 2.28. The van der Waals surface area contributed by atoms with E-state index in [4.69, 9.17) is 4.98 Å². The zero-order valence-corrected chi connectivity index (χ0v) is 19.9. The third-order valence-electron chi connectivity index (χ3n) is 6.90. The van der Waals surface area contributed by atoms with Gasteiger partial charge in [0, 0.05) is 30.6 Å². The van der Waals surface area contributed by atoms with Gasteiger partial charge in [-0.05, 0) is 63.9 Å². The highest BCUT2D eigenvalue weighted by Gasteiger charge is 2.28. The number of carbonyl (C=O) groups excluding carboxylic acids is 1. The number of hydrogen-bond acceptors (Lipinski definition) is 6. The zero-order chi connectivity index (χ0) is 22.8. The molecule has 7 nitrogen and oxygen atoms in total. The van der Waals surface area contributed by atoms with E-state index in [1.807, 2.05) is 6.07 Å². The minimum atomic E-state index is -0.00375. The molecule has 0 spiro atoms. The van der Waals surface area contributed by atoms with Gasteiger partial charge in [0.1, 0.15) is 0 Å². The number of carbonyl (C=O) groups is 1. The van der Waals surface area contributed by atoms with Crippen LogP contribution >= 0.6 is 11.3 Å². The van der Waals surface area contributed by atoms with Crippen LogP contribution in [0.4, 0.5) is 5.13 Å². The Labute approximate surface area is 197 Å². The Balaban J connectivity index is 1.17. The van der Waals surface area contributed by atoms with E-state index in [1.165, 1.54) is 21.4 Å². The minimum Gasteiger partial charge on any atom is -0.353 e. The van der Waals surface area contributed by atoms with E-state index in [2.05, 4.69) is 46.5 Å². The molecule has 1 fully saturated rings. The van der Waals surface area contributed by atoms with Crippen LogP contribution in [0.25, 0.3) is 4.96 Å². The van der Waals surface area contributed by atoms with E-state index in [9.17, 15) is 9.59 Å². The fourth-order valence-electron chi connectivity index (χ4n) is 4.88. The van der Waals surface area contributed by atoms with E-state index in [-0.39, 0.29) is 23.4 Å². The fourth-order valence-corrected chi connectivity index (χ4v) is 5.85. The van der Waals surface area contributed by atoms with Crippen LogP contribution in [0.5, 0.6) is 0 Å². The molecule has 174 valence electrons. The Morgan fingerprint density at radius 1 is 1.18 bits per heavy atom. The molecule has 1 aliphatic carbocycles. The van der Waals surface area contributed by atoms with Gasteiger partial charge >= 0.3 is 0 Å². The van der Waals surface area contributed by atoms with Gasteiger partial charge in [0.15, 0.2) is 0 Å². The second-order valence-electron chi connectivity index (χ2n) is 9.32. The fraction of sp³-hybridized carbons (Fsp3) is 0.520. The summed E-state index contributed by atoms with van der Waals surface area (Å²) in [5.41, 5.74) is 3.10. The molecule has 1 aliphatic heterocycles. The van der Waals surface area contributed by atoms with E-state index in [0.717, 1.165) is 80.8 Å². The van der Waals surface area contributed by atoms with E-state index < -0.39 is 0 Å². The van der Waals surface area contributed by atoms with Crippen LogP contribution in [0.15, 0.2) is 35.1 Å². The van der Waals surface area contributed by atoms with E-state index in [1.54, 1.807) is 0 Å². The number of hydrogen-bond donors (Lipinski definition) is 1. The van der Waals surface area contributed by atoms with Gasteiger partial charge in [-0.2, -0.15) is 4.52 Å². The van der Waals surface area contributed by atoms with Gasteiger partial charge in [-0.15, -0.1) is 5.10 Å². The standard InChI is InChI=1S/C25H31N5O2S/c1-17(11-12-18-7-3-2-4-8-18)26-22(31)19-13-15-29(16-14-19)25-28-30-23(32)20-9-5-6-10-21(20)27-24(30)33-25/h2-4,7-8,17,19H,5-6,9-16H2,1H3,(H,26,31). The third kappa shape index (κ3) is 4.81. The smallest absolute Gasteiger partial charge is 0.278 e. The van der Waals surface area contributed by atoms with Gasteiger partial charge < -0.3 is 10.2 Å². The minimum absolute atomic E-state index is 0.00375. The first kappa shape index (κ1) is 22.1. The highest BCUT2D eigenvalue weighted by molar-refractivity contribution is 7.20. The molecular formula is C25H31N5O2S. The maximum atomic E-state index is 12.9. The molecule has 0 saturated carbocycles. The molecule has 1 amide bonds. The number of nitrogens with one attached hydrogen (secondary N) is 1. The normalized spacial score (nSPS) is 17.7. The molecule has 2 aromatic heterocycles. The SMILES string of the molecule is CC(CCc1ccccc1)NC(=O)C1CCN(c2nn3c(=O)c4c(nc3s2)CCCC4)CC1. The lowest BCUT2D eigenvalue weighted by atomic mass is 9.95. The van der Waals surface area contributed by atoms with Crippen LogP contribution in [0.3, 0.4) is 0 Å². The van der Waals surface area contributed by atoms with Crippen LogP contribution in [0.1, 0.15) is 55.8 Å². The van der Waals surface area contributed by atoms with E-state index >= 15 is 0 Å². The van der Waals surface area contributed by atoms with Gasteiger partial charge in [0.25, 0.3) is 5.56 Å². The third-order valence-corrected chi connectivity index (χ3v) is 7.87. The van der Waals surface area contributed by atoms with Crippen molar-refractivity contribution in [2.45, 2.75) is 64.3 Å². The Morgan fingerprint density at radius 2 is 1.94 bits per heavy atom. The van der Waals surface area contributed by atoms with Crippen molar-refractivity contribution in [3.05, 3.63) is 57.5 Å². The molecule has 1 saturated heterocycles. The summed E-state index contributed by atoms with van der Waals surface area (Å²) in [6, 6.07) is 10.6. The van der Waals surface area contributed by atoms with Crippen LogP contribution in [-0.2, 0) is 24.1 Å². The lowest BCUT2D eigenvalue weighted by molar-refractivity contribution is -0.126. The van der Waals surface area contributed by atoms with Crippen molar-refractivity contribution in [3.8, 4) is 0 Å². The molecule has 1 N–H and O–H groups in total. The quantitative estimate of drug-likeness (QED) is 0.604. The lowest BCUT2D eigenvalue weighted by Crippen LogP contribution is -2.43. The predicted molar refractivity (Wildman–Crippen MR) is 131 cm³/mol. The highest BCUT2D eigenvalue weighted by atomic mass is 32.1. The molecule has 1 atom stereocenters. The summed E-state index contributed by atoms with van der Waals surface area (Å²) in [5.74, 6) is 0.188. The molecule has 3 heterocycles. The summed E-state index contributed by atoms with van der Waals surface area (Å²) in [5, 5.41) is 8.64. The lowest BCUT2D eigenvalue weighted by Gasteiger charge is -2.31. The van der Waals surface area contributed by atoms with Crippen molar-refractivity contribution >= 4 is 27.3 Å². The topological polar surface area (TPSA) is 79.6 Å². The zero-order valence-electron chi connectivity index (χ0n) is 19.1. The average molecular weight is 466 g/mol. The number of anilines is 1. The van der Waals surface area contributed by atoms with Gasteiger partial charge in [0.05, 0.1) is 5.69 Å². The first-order valence-electron chi connectivity index (χ1n) is 12.1. The summed E-state index contributed by atoms with van der Waals surface area (Å²) in [6.45, 7) is 3.62. The van der Waals surface area contributed by atoms with Crippen LogP contribution in [0.2, 0.25) is 0 Å². The molecule has 0 radical (unpaired) electrons. The summed E-state index contributed by atoms with van der Waals surface area (Å²) in [6.07, 6.45) is 7.34. The Kier molecular flexibility index (Phi) is 6.44. The van der Waals surface area contributed by atoms with Crippen molar-refractivity contribution in [1.29, 1.82) is 0 Å². The molecular weight excluding hydrogens is 434 g/mol. The first-order chi connectivity index (χ1) is 16.1. The molecule has 1 aromatic carbocycles. The maximum absolute atomic E-state index is 12.9. The van der Waals surface area contributed by atoms with Crippen molar-refractivity contribution in [3.63, 3.8) is 0 Å². The Morgan fingerprint density at radius 3 is 2.73 bits per heavy atom. The largest absolute Gasteiger partial charge is 0.353 e. The number of benzene rings is 1. The number of amides is 1. The first-order valence-corrected chi connectivity index (χ1v) is 12.9. The van der Waals surface area contributed by atoms with Gasteiger partial charge in [0.2, 0.25) is 16.0 Å². The summed E-state index contributed by atoms with van der Waals surface area (Å²) in [7, 11) is 0. The van der Waals surface area contributed by atoms with Crippen LogP contribution in [-0.4, -0.2) is 39.6 Å². The molecule has 1 unspecified atom stereocenters.